The number of halogens is 1. The van der Waals surface area contributed by atoms with Gasteiger partial charge in [-0.1, -0.05) is 0 Å². The van der Waals surface area contributed by atoms with Gasteiger partial charge in [0.1, 0.15) is 5.82 Å². The lowest BCUT2D eigenvalue weighted by Gasteiger charge is -2.31. The summed E-state index contributed by atoms with van der Waals surface area (Å²) in [7, 11) is 0. The second-order valence-electron chi connectivity index (χ2n) is 4.55. The fourth-order valence-corrected chi connectivity index (χ4v) is 2.93. The van der Waals surface area contributed by atoms with Gasteiger partial charge in [0.25, 0.3) is 0 Å². The maximum Gasteiger partial charge on any atom is 0.241 e. The average molecular weight is 283 g/mol. The molecule has 1 saturated heterocycles. The largest absolute Gasteiger partial charge is 0.396 e. The molecule has 104 valence electrons. The van der Waals surface area contributed by atoms with Gasteiger partial charge >= 0.3 is 0 Å². The lowest BCUT2D eigenvalue weighted by atomic mass is 10.2. The van der Waals surface area contributed by atoms with E-state index >= 15 is 0 Å². The molecule has 0 aliphatic carbocycles. The molecular formula is C13H18FN3OS. The van der Waals surface area contributed by atoms with Gasteiger partial charge in [0.05, 0.1) is 11.7 Å². The van der Waals surface area contributed by atoms with E-state index in [1.54, 1.807) is 0 Å². The molecule has 19 heavy (non-hydrogen) atoms. The summed E-state index contributed by atoms with van der Waals surface area (Å²) >= 11 is 1.90. The molecule has 1 heterocycles. The second kappa shape index (κ2) is 6.25. The fraction of sp³-hybridized carbons (Fsp3) is 0.462. The number of amides is 1. The topological polar surface area (TPSA) is 58.4 Å². The van der Waals surface area contributed by atoms with Gasteiger partial charge in [-0.2, -0.15) is 11.8 Å². The monoisotopic (exact) mass is 283 g/mol. The van der Waals surface area contributed by atoms with Gasteiger partial charge in [-0.05, 0) is 25.1 Å². The second-order valence-corrected chi connectivity index (χ2v) is 5.77. The number of nitrogens with one attached hydrogen (secondary N) is 1. The summed E-state index contributed by atoms with van der Waals surface area (Å²) in [4.78, 5) is 14.3. The molecule has 2 rings (SSSR count). The van der Waals surface area contributed by atoms with Crippen molar-refractivity contribution in [2.24, 2.45) is 0 Å². The van der Waals surface area contributed by atoms with Crippen molar-refractivity contribution < 1.29 is 9.18 Å². The van der Waals surface area contributed by atoms with Crippen LogP contribution in [0.2, 0.25) is 0 Å². The van der Waals surface area contributed by atoms with Crippen molar-refractivity contribution in [2.45, 2.75) is 13.0 Å². The van der Waals surface area contributed by atoms with E-state index in [-0.39, 0.29) is 17.6 Å². The van der Waals surface area contributed by atoms with Gasteiger partial charge in [0, 0.05) is 30.3 Å². The van der Waals surface area contributed by atoms with Crippen LogP contribution in [0.25, 0.3) is 0 Å². The fourth-order valence-electron chi connectivity index (χ4n) is 2.00. The molecule has 0 bridgehead atoms. The van der Waals surface area contributed by atoms with E-state index in [1.807, 2.05) is 18.7 Å². The number of nitrogens with zero attached hydrogens (tertiary/aromatic N) is 1. The van der Waals surface area contributed by atoms with Crippen LogP contribution in [0, 0.1) is 5.82 Å². The van der Waals surface area contributed by atoms with Crippen molar-refractivity contribution in [1.29, 1.82) is 0 Å². The van der Waals surface area contributed by atoms with Crippen LogP contribution in [-0.4, -0.2) is 41.4 Å². The Morgan fingerprint density at radius 1 is 1.47 bits per heavy atom. The third-order valence-corrected chi connectivity index (χ3v) is 4.18. The number of hydrogen-bond donors (Lipinski definition) is 2. The summed E-state index contributed by atoms with van der Waals surface area (Å²) in [5, 5.41) is 2.77. The standard InChI is InChI=1S/C13H18FN3OS/c1-9(17-4-6-19-7-5-17)13(18)16-10-2-3-11(14)12(15)8-10/h2-3,8-9H,4-7,15H2,1H3,(H,16,18). The first-order valence-electron chi connectivity index (χ1n) is 6.25. The molecule has 1 aromatic carbocycles. The third kappa shape index (κ3) is 3.61. The lowest BCUT2D eigenvalue weighted by molar-refractivity contribution is -0.120. The Hall–Kier alpha value is -1.27. The number of carbonyl (C=O) groups is 1. The zero-order chi connectivity index (χ0) is 13.8. The molecule has 1 fully saturated rings. The molecule has 0 spiro atoms. The summed E-state index contributed by atoms with van der Waals surface area (Å²) in [6, 6.07) is 4.02. The van der Waals surface area contributed by atoms with E-state index < -0.39 is 5.82 Å². The molecule has 6 heteroatoms. The molecule has 1 aliphatic rings. The lowest BCUT2D eigenvalue weighted by Crippen LogP contribution is -2.46. The van der Waals surface area contributed by atoms with Gasteiger partial charge in [-0.25, -0.2) is 4.39 Å². The molecule has 1 amide bonds. The van der Waals surface area contributed by atoms with Crippen LogP contribution in [0.5, 0.6) is 0 Å². The number of nitrogen functional groups attached to an aromatic ring is 1. The number of carbonyl (C=O) groups excluding carboxylic acids is 1. The first kappa shape index (κ1) is 14.1. The Balaban J connectivity index is 1.97. The van der Waals surface area contributed by atoms with Gasteiger partial charge in [-0.3, -0.25) is 9.69 Å². The molecule has 1 aliphatic heterocycles. The summed E-state index contributed by atoms with van der Waals surface area (Å²) in [6.07, 6.45) is 0. The van der Waals surface area contributed by atoms with Crippen LogP contribution in [0.4, 0.5) is 15.8 Å². The zero-order valence-electron chi connectivity index (χ0n) is 10.9. The highest BCUT2D eigenvalue weighted by molar-refractivity contribution is 7.99. The summed E-state index contributed by atoms with van der Waals surface area (Å²) in [6.45, 7) is 3.73. The van der Waals surface area contributed by atoms with E-state index in [4.69, 9.17) is 5.73 Å². The van der Waals surface area contributed by atoms with E-state index in [0.717, 1.165) is 24.6 Å². The van der Waals surface area contributed by atoms with Gasteiger partial charge in [0.2, 0.25) is 5.91 Å². The van der Waals surface area contributed by atoms with Gasteiger partial charge < -0.3 is 11.1 Å². The maximum atomic E-state index is 13.0. The molecule has 0 aromatic heterocycles. The Morgan fingerprint density at radius 2 is 2.16 bits per heavy atom. The Bertz CT molecular complexity index is 463. The third-order valence-electron chi connectivity index (χ3n) is 3.24. The van der Waals surface area contributed by atoms with Crippen LogP contribution in [0.1, 0.15) is 6.92 Å². The highest BCUT2D eigenvalue weighted by atomic mass is 32.2. The van der Waals surface area contributed by atoms with Crippen molar-refractivity contribution in [3.8, 4) is 0 Å². The smallest absolute Gasteiger partial charge is 0.241 e. The highest BCUT2D eigenvalue weighted by Crippen LogP contribution is 2.18. The molecular weight excluding hydrogens is 265 g/mol. The molecule has 1 aromatic rings. The molecule has 0 radical (unpaired) electrons. The minimum atomic E-state index is -0.473. The predicted molar refractivity (Wildman–Crippen MR) is 77.8 cm³/mol. The number of anilines is 2. The SMILES string of the molecule is CC(C(=O)Nc1ccc(F)c(N)c1)N1CCSCC1. The number of thioether (sulfide) groups is 1. The molecule has 1 atom stereocenters. The highest BCUT2D eigenvalue weighted by Gasteiger charge is 2.23. The van der Waals surface area contributed by atoms with E-state index in [2.05, 4.69) is 10.2 Å². The minimum absolute atomic E-state index is 0.0415. The molecule has 1 unspecified atom stereocenters. The normalized spacial score (nSPS) is 18.0. The maximum absolute atomic E-state index is 13.0. The summed E-state index contributed by atoms with van der Waals surface area (Å²) in [5.74, 6) is 1.56. The minimum Gasteiger partial charge on any atom is -0.396 e. The summed E-state index contributed by atoms with van der Waals surface area (Å²) in [5.41, 5.74) is 6.05. The molecule has 0 saturated carbocycles. The van der Waals surface area contributed by atoms with Crippen molar-refractivity contribution in [3.05, 3.63) is 24.0 Å². The van der Waals surface area contributed by atoms with Crippen LogP contribution in [0.3, 0.4) is 0 Å². The Labute approximate surface area is 116 Å². The van der Waals surface area contributed by atoms with Crippen molar-refractivity contribution in [2.75, 3.05) is 35.6 Å². The average Bonchev–Trinajstić information content (AvgIpc) is 2.43. The number of rotatable bonds is 3. The van der Waals surface area contributed by atoms with Crippen LogP contribution < -0.4 is 11.1 Å². The Morgan fingerprint density at radius 3 is 2.79 bits per heavy atom. The van der Waals surface area contributed by atoms with Gasteiger partial charge in [-0.15, -0.1) is 0 Å². The van der Waals surface area contributed by atoms with E-state index in [1.165, 1.54) is 18.2 Å². The summed E-state index contributed by atoms with van der Waals surface area (Å²) < 4.78 is 13.0. The molecule has 3 N–H and O–H groups in total. The van der Waals surface area contributed by atoms with Crippen molar-refractivity contribution >= 4 is 29.0 Å². The first-order chi connectivity index (χ1) is 9.08. The van der Waals surface area contributed by atoms with Crippen molar-refractivity contribution in [1.82, 2.24) is 4.90 Å². The van der Waals surface area contributed by atoms with Crippen LogP contribution in [-0.2, 0) is 4.79 Å². The number of benzene rings is 1. The number of hydrogen-bond acceptors (Lipinski definition) is 4. The zero-order valence-corrected chi connectivity index (χ0v) is 11.7. The van der Waals surface area contributed by atoms with Crippen molar-refractivity contribution in [3.63, 3.8) is 0 Å². The number of nitrogens with two attached hydrogens (primary N) is 1. The Kier molecular flexibility index (Phi) is 4.66. The first-order valence-corrected chi connectivity index (χ1v) is 7.41. The molecule has 4 nitrogen and oxygen atoms in total. The van der Waals surface area contributed by atoms with E-state index in [0.29, 0.717) is 5.69 Å². The van der Waals surface area contributed by atoms with E-state index in [9.17, 15) is 9.18 Å². The van der Waals surface area contributed by atoms with Crippen LogP contribution >= 0.6 is 11.8 Å². The predicted octanol–water partition coefficient (Wildman–Crippen LogP) is 1.78. The van der Waals surface area contributed by atoms with Gasteiger partial charge in [0.15, 0.2) is 0 Å². The van der Waals surface area contributed by atoms with Crippen LogP contribution in [0.15, 0.2) is 18.2 Å². The quantitative estimate of drug-likeness (QED) is 0.830.